The summed E-state index contributed by atoms with van der Waals surface area (Å²) in [5.74, 6) is -2.40. The zero-order valence-corrected chi connectivity index (χ0v) is 12.0. The Morgan fingerprint density at radius 2 is 1.48 bits per heavy atom. The molecule has 1 atom stereocenters. The molecule has 0 spiro atoms. The highest BCUT2D eigenvalue weighted by atomic mass is 16.4. The van der Waals surface area contributed by atoms with Crippen LogP contribution in [0.25, 0.3) is 0 Å². The SMILES string of the molecule is O=C(O)[C@@H](Cc1ccc(O)cc1)N1C(=O)c2ccccc2C1=O. The van der Waals surface area contributed by atoms with Gasteiger partial charge >= 0.3 is 5.97 Å². The zero-order valence-electron chi connectivity index (χ0n) is 12.0. The molecule has 0 aliphatic carbocycles. The van der Waals surface area contributed by atoms with Crippen LogP contribution in [0.5, 0.6) is 5.75 Å². The molecule has 2 aromatic carbocycles. The van der Waals surface area contributed by atoms with Crippen LogP contribution in [0.1, 0.15) is 26.3 Å². The van der Waals surface area contributed by atoms with Gasteiger partial charge in [0.1, 0.15) is 11.8 Å². The number of carbonyl (C=O) groups is 3. The Balaban J connectivity index is 1.94. The molecule has 1 aliphatic heterocycles. The molecule has 2 N–H and O–H groups in total. The van der Waals surface area contributed by atoms with Gasteiger partial charge < -0.3 is 10.2 Å². The van der Waals surface area contributed by atoms with Gasteiger partial charge in [-0.05, 0) is 29.8 Å². The summed E-state index contributed by atoms with van der Waals surface area (Å²) in [5, 5.41) is 18.7. The van der Waals surface area contributed by atoms with Crippen molar-refractivity contribution >= 4 is 17.8 Å². The molecule has 0 bridgehead atoms. The van der Waals surface area contributed by atoms with E-state index >= 15 is 0 Å². The fourth-order valence-corrected chi connectivity index (χ4v) is 2.64. The number of hydrogen-bond donors (Lipinski definition) is 2. The van der Waals surface area contributed by atoms with Crippen LogP contribution in [0.3, 0.4) is 0 Å². The molecular formula is C17H13NO5. The molecule has 0 saturated carbocycles. The van der Waals surface area contributed by atoms with Gasteiger partial charge in [-0.25, -0.2) is 4.79 Å². The number of carboxylic acid groups (broad SMARTS) is 1. The lowest BCUT2D eigenvalue weighted by Gasteiger charge is -2.22. The quantitative estimate of drug-likeness (QED) is 0.838. The maximum absolute atomic E-state index is 12.4. The second kappa shape index (κ2) is 5.57. The van der Waals surface area contributed by atoms with Crippen LogP contribution in [0, 0.1) is 0 Å². The number of amides is 2. The Morgan fingerprint density at radius 1 is 0.957 bits per heavy atom. The van der Waals surface area contributed by atoms with E-state index in [1.54, 1.807) is 24.3 Å². The monoisotopic (exact) mass is 311 g/mol. The van der Waals surface area contributed by atoms with Crippen LogP contribution in [-0.4, -0.2) is 38.9 Å². The topological polar surface area (TPSA) is 94.9 Å². The fourth-order valence-electron chi connectivity index (χ4n) is 2.64. The predicted octanol–water partition coefficient (Wildman–Crippen LogP) is 1.68. The van der Waals surface area contributed by atoms with Gasteiger partial charge in [-0.1, -0.05) is 24.3 Å². The van der Waals surface area contributed by atoms with Crippen molar-refractivity contribution in [3.63, 3.8) is 0 Å². The second-order valence-corrected chi connectivity index (χ2v) is 5.25. The van der Waals surface area contributed by atoms with Crippen LogP contribution >= 0.6 is 0 Å². The smallest absolute Gasteiger partial charge is 0.327 e. The van der Waals surface area contributed by atoms with E-state index in [4.69, 9.17) is 0 Å². The van der Waals surface area contributed by atoms with Gasteiger partial charge in [-0.15, -0.1) is 0 Å². The molecule has 0 radical (unpaired) electrons. The molecule has 0 aromatic heterocycles. The summed E-state index contributed by atoms with van der Waals surface area (Å²) in [6.45, 7) is 0. The van der Waals surface area contributed by atoms with Crippen LogP contribution < -0.4 is 0 Å². The molecule has 0 unspecified atom stereocenters. The molecular weight excluding hydrogens is 298 g/mol. The highest BCUT2D eigenvalue weighted by molar-refractivity contribution is 6.22. The fraction of sp³-hybridized carbons (Fsp3) is 0.118. The van der Waals surface area contributed by atoms with E-state index in [0.717, 1.165) is 4.90 Å². The van der Waals surface area contributed by atoms with Gasteiger partial charge in [-0.3, -0.25) is 14.5 Å². The summed E-state index contributed by atoms with van der Waals surface area (Å²) >= 11 is 0. The van der Waals surface area contributed by atoms with E-state index in [9.17, 15) is 24.6 Å². The van der Waals surface area contributed by atoms with Crippen LogP contribution in [0.15, 0.2) is 48.5 Å². The van der Waals surface area contributed by atoms with Gasteiger partial charge in [0.15, 0.2) is 0 Å². The van der Waals surface area contributed by atoms with Crippen molar-refractivity contribution in [1.29, 1.82) is 0 Å². The van der Waals surface area contributed by atoms with Gasteiger partial charge in [0.05, 0.1) is 11.1 Å². The maximum Gasteiger partial charge on any atom is 0.327 e. The molecule has 116 valence electrons. The standard InChI is InChI=1S/C17H13NO5/c19-11-7-5-10(6-8-11)9-14(17(22)23)18-15(20)12-3-1-2-4-13(12)16(18)21/h1-8,14,19H,9H2,(H,22,23)/t14-/m1/s1. The number of phenolic OH excluding ortho intramolecular Hbond substituents is 1. The van der Waals surface area contributed by atoms with Crippen molar-refractivity contribution in [3.8, 4) is 5.75 Å². The highest BCUT2D eigenvalue weighted by Crippen LogP contribution is 2.26. The van der Waals surface area contributed by atoms with Crippen molar-refractivity contribution in [2.24, 2.45) is 0 Å². The number of rotatable bonds is 4. The van der Waals surface area contributed by atoms with Crippen LogP contribution in [-0.2, 0) is 11.2 Å². The van der Waals surface area contributed by atoms with Crippen molar-refractivity contribution in [1.82, 2.24) is 4.90 Å². The van der Waals surface area contributed by atoms with E-state index < -0.39 is 23.8 Å². The second-order valence-electron chi connectivity index (χ2n) is 5.25. The number of hydrogen-bond acceptors (Lipinski definition) is 4. The number of phenols is 1. The molecule has 6 heteroatoms. The Hall–Kier alpha value is -3.15. The molecule has 2 aromatic rings. The van der Waals surface area contributed by atoms with Crippen molar-refractivity contribution in [3.05, 3.63) is 65.2 Å². The Labute approximate surface area is 131 Å². The summed E-state index contributed by atoms with van der Waals surface area (Å²) in [6.07, 6.45) is -0.0267. The summed E-state index contributed by atoms with van der Waals surface area (Å²) in [7, 11) is 0. The third kappa shape index (κ3) is 2.55. The number of aliphatic carboxylic acids is 1. The third-order valence-electron chi connectivity index (χ3n) is 3.79. The number of nitrogens with zero attached hydrogens (tertiary/aromatic N) is 1. The Morgan fingerprint density at radius 3 is 1.96 bits per heavy atom. The van der Waals surface area contributed by atoms with Gasteiger partial charge in [-0.2, -0.15) is 0 Å². The number of carboxylic acids is 1. The number of aromatic hydroxyl groups is 1. The number of fused-ring (bicyclic) bond motifs is 1. The molecule has 23 heavy (non-hydrogen) atoms. The minimum atomic E-state index is -1.30. The van der Waals surface area contributed by atoms with Gasteiger partial charge in [0.25, 0.3) is 11.8 Å². The Bertz CT molecular complexity index is 762. The lowest BCUT2D eigenvalue weighted by atomic mass is 10.0. The van der Waals surface area contributed by atoms with Crippen LogP contribution in [0.4, 0.5) is 0 Å². The summed E-state index contributed by atoms with van der Waals surface area (Å²) < 4.78 is 0. The lowest BCUT2D eigenvalue weighted by molar-refractivity contribution is -0.141. The first-order valence-corrected chi connectivity index (χ1v) is 6.96. The molecule has 3 rings (SSSR count). The summed E-state index contributed by atoms with van der Waals surface area (Å²) in [6, 6.07) is 10.9. The first-order chi connectivity index (χ1) is 11.0. The zero-order chi connectivity index (χ0) is 16.6. The number of imide groups is 1. The number of benzene rings is 2. The van der Waals surface area contributed by atoms with E-state index in [1.165, 1.54) is 24.3 Å². The molecule has 1 aliphatic rings. The number of carbonyl (C=O) groups excluding carboxylic acids is 2. The van der Waals surface area contributed by atoms with E-state index in [0.29, 0.717) is 5.56 Å². The average molecular weight is 311 g/mol. The Kier molecular flexibility index (Phi) is 3.57. The maximum atomic E-state index is 12.4. The van der Waals surface area contributed by atoms with Gasteiger partial charge in [0.2, 0.25) is 0 Å². The lowest BCUT2D eigenvalue weighted by Crippen LogP contribution is -2.46. The minimum Gasteiger partial charge on any atom is -0.508 e. The molecule has 2 amide bonds. The van der Waals surface area contributed by atoms with Crippen molar-refractivity contribution in [2.75, 3.05) is 0 Å². The molecule has 1 heterocycles. The molecule has 0 fully saturated rings. The van der Waals surface area contributed by atoms with Crippen LogP contribution in [0.2, 0.25) is 0 Å². The average Bonchev–Trinajstić information content (AvgIpc) is 2.79. The summed E-state index contributed by atoms with van der Waals surface area (Å²) in [4.78, 5) is 37.2. The highest BCUT2D eigenvalue weighted by Gasteiger charge is 2.42. The first-order valence-electron chi connectivity index (χ1n) is 6.96. The molecule has 6 nitrogen and oxygen atoms in total. The van der Waals surface area contributed by atoms with E-state index in [-0.39, 0.29) is 23.3 Å². The summed E-state index contributed by atoms with van der Waals surface area (Å²) in [5.41, 5.74) is 1.04. The predicted molar refractivity (Wildman–Crippen MR) is 80.2 cm³/mol. The minimum absolute atomic E-state index is 0.0267. The van der Waals surface area contributed by atoms with Gasteiger partial charge in [0, 0.05) is 6.42 Å². The van der Waals surface area contributed by atoms with Crippen molar-refractivity contribution in [2.45, 2.75) is 12.5 Å². The largest absolute Gasteiger partial charge is 0.508 e. The van der Waals surface area contributed by atoms with E-state index in [1.807, 2.05) is 0 Å². The first kappa shape index (κ1) is 14.8. The van der Waals surface area contributed by atoms with Crippen molar-refractivity contribution < 1.29 is 24.6 Å². The van der Waals surface area contributed by atoms with E-state index in [2.05, 4.69) is 0 Å². The molecule has 0 saturated heterocycles. The normalized spacial score (nSPS) is 14.7. The third-order valence-corrected chi connectivity index (χ3v) is 3.79.